The molecule has 0 aromatic heterocycles. The largest absolute Gasteiger partial charge is 0.497 e. The second kappa shape index (κ2) is 8.42. The Morgan fingerprint density at radius 3 is 2.58 bits per heavy atom. The van der Waals surface area contributed by atoms with Crippen molar-refractivity contribution in [2.75, 3.05) is 30.5 Å². The van der Waals surface area contributed by atoms with Crippen LogP contribution in [-0.2, 0) is 14.4 Å². The Morgan fingerprint density at radius 1 is 1.10 bits per heavy atom. The van der Waals surface area contributed by atoms with E-state index in [1.54, 1.807) is 48.5 Å². The van der Waals surface area contributed by atoms with E-state index in [-0.39, 0.29) is 6.54 Å². The molecule has 2 heterocycles. The van der Waals surface area contributed by atoms with E-state index in [2.05, 4.69) is 15.7 Å². The van der Waals surface area contributed by atoms with Gasteiger partial charge in [0.1, 0.15) is 18.0 Å². The van der Waals surface area contributed by atoms with Crippen molar-refractivity contribution in [1.82, 2.24) is 5.01 Å². The molecule has 2 aromatic rings. The molecule has 10 heteroatoms. The van der Waals surface area contributed by atoms with Gasteiger partial charge in [0.05, 0.1) is 19.4 Å². The predicted molar refractivity (Wildman–Crippen MR) is 111 cm³/mol. The Kier molecular flexibility index (Phi) is 5.52. The Morgan fingerprint density at radius 2 is 1.87 bits per heavy atom. The van der Waals surface area contributed by atoms with Crippen LogP contribution in [0.5, 0.6) is 11.5 Å². The number of hydrogen-bond donors (Lipinski definition) is 1. The van der Waals surface area contributed by atoms with Gasteiger partial charge in [0, 0.05) is 11.8 Å². The van der Waals surface area contributed by atoms with E-state index in [0.717, 1.165) is 4.90 Å². The zero-order chi connectivity index (χ0) is 22.0. The number of hydrogen-bond acceptors (Lipinski definition) is 8. The molecule has 3 amide bonds. The highest BCUT2D eigenvalue weighted by molar-refractivity contribution is 6.25. The predicted octanol–water partition coefficient (Wildman–Crippen LogP) is 2.03. The van der Waals surface area contributed by atoms with E-state index >= 15 is 0 Å². The third-order valence-electron chi connectivity index (χ3n) is 4.92. The Hall–Kier alpha value is -3.95. The quantitative estimate of drug-likeness (QED) is 0.682. The second-order valence-electron chi connectivity index (χ2n) is 6.91. The minimum Gasteiger partial charge on any atom is -0.497 e. The average Bonchev–Trinajstić information content (AvgIpc) is 3.28. The molecule has 1 N–H and O–H groups in total. The smallest absolute Gasteiger partial charge is 0.263 e. The maximum absolute atomic E-state index is 13.0. The zero-order valence-electron chi connectivity index (χ0n) is 17.0. The van der Waals surface area contributed by atoms with E-state index in [1.807, 2.05) is 6.92 Å². The number of ether oxygens (including phenoxy) is 2. The summed E-state index contributed by atoms with van der Waals surface area (Å²) in [7, 11) is 1.53. The van der Waals surface area contributed by atoms with Crippen molar-refractivity contribution in [3.8, 4) is 11.5 Å². The van der Waals surface area contributed by atoms with Crippen LogP contribution in [0.2, 0.25) is 0 Å². The monoisotopic (exact) mass is 423 g/mol. The van der Waals surface area contributed by atoms with E-state index in [0.29, 0.717) is 29.5 Å². The highest BCUT2D eigenvalue weighted by Gasteiger charge is 2.55. The second-order valence-corrected chi connectivity index (χ2v) is 6.91. The maximum atomic E-state index is 13.0. The van der Waals surface area contributed by atoms with Gasteiger partial charge in [0.15, 0.2) is 12.1 Å². The van der Waals surface area contributed by atoms with E-state index in [9.17, 15) is 14.4 Å². The van der Waals surface area contributed by atoms with Crippen molar-refractivity contribution in [2.45, 2.75) is 19.0 Å². The van der Waals surface area contributed by atoms with Crippen LogP contribution >= 0.6 is 0 Å². The molecule has 0 unspecified atom stereocenters. The summed E-state index contributed by atoms with van der Waals surface area (Å²) in [4.78, 5) is 39.3. The van der Waals surface area contributed by atoms with Crippen LogP contribution in [0.15, 0.2) is 58.9 Å². The highest BCUT2D eigenvalue weighted by atomic mass is 16.5. The number of methoxy groups -OCH3 is 1. The van der Waals surface area contributed by atoms with Crippen LogP contribution in [0.4, 0.5) is 11.4 Å². The van der Waals surface area contributed by atoms with E-state index in [1.165, 1.54) is 12.1 Å². The number of carbonyl (C=O) groups excluding carboxylic acids is 3. The fourth-order valence-corrected chi connectivity index (χ4v) is 3.51. The lowest BCUT2D eigenvalue weighted by molar-refractivity contribution is -0.123. The molecule has 0 saturated carbocycles. The number of nitrogens with zero attached hydrogens (tertiary/aromatic N) is 4. The molecule has 160 valence electrons. The standard InChI is InChI=1S/C21H21N5O5/c1-3-31-15-9-7-14(8-10-15)26-20(28)18-19(21(26)29)25(24-23-18)12-17(27)22-13-5-4-6-16(11-13)30-2/h4-11,18-19H,3,12H2,1-2H3,(H,22,27)/t18-,19+/m0/s1. The van der Waals surface area contributed by atoms with Crippen molar-refractivity contribution >= 4 is 29.1 Å². The Bertz CT molecular complexity index is 1040. The normalized spacial score (nSPS) is 19.5. The van der Waals surface area contributed by atoms with E-state index in [4.69, 9.17) is 9.47 Å². The number of fused-ring (bicyclic) bond motifs is 1. The number of carbonyl (C=O) groups is 3. The molecule has 1 saturated heterocycles. The van der Waals surface area contributed by atoms with Crippen LogP contribution in [0.3, 0.4) is 0 Å². The number of nitrogens with one attached hydrogen (secondary N) is 1. The summed E-state index contributed by atoms with van der Waals surface area (Å²) in [6.07, 6.45) is 0. The summed E-state index contributed by atoms with van der Waals surface area (Å²) >= 11 is 0. The summed E-state index contributed by atoms with van der Waals surface area (Å²) in [5.41, 5.74) is 0.964. The molecule has 0 aliphatic carbocycles. The lowest BCUT2D eigenvalue weighted by Gasteiger charge is -2.20. The number of amides is 3. The van der Waals surface area contributed by atoms with Gasteiger partial charge in [-0.25, -0.2) is 4.90 Å². The summed E-state index contributed by atoms with van der Waals surface area (Å²) < 4.78 is 10.5. The van der Waals surface area contributed by atoms with Crippen LogP contribution in [0, 0.1) is 0 Å². The van der Waals surface area contributed by atoms with Gasteiger partial charge in [0.25, 0.3) is 11.8 Å². The fourth-order valence-electron chi connectivity index (χ4n) is 3.51. The van der Waals surface area contributed by atoms with Gasteiger partial charge < -0.3 is 14.8 Å². The lowest BCUT2D eigenvalue weighted by Crippen LogP contribution is -2.43. The van der Waals surface area contributed by atoms with Gasteiger partial charge in [-0.1, -0.05) is 11.3 Å². The topological polar surface area (TPSA) is 113 Å². The Labute approximate surface area is 178 Å². The SMILES string of the molecule is CCOc1ccc(N2C(=O)[C@H]3N=NN(CC(=O)Nc4cccc(OC)c4)[C@H]3C2=O)cc1. The number of anilines is 2. The van der Waals surface area contributed by atoms with Gasteiger partial charge in [0.2, 0.25) is 5.91 Å². The molecule has 2 aliphatic rings. The number of benzene rings is 2. The average molecular weight is 423 g/mol. The molecule has 31 heavy (non-hydrogen) atoms. The molecule has 10 nitrogen and oxygen atoms in total. The van der Waals surface area contributed by atoms with Crippen molar-refractivity contribution in [3.05, 3.63) is 48.5 Å². The molecular formula is C21H21N5O5. The molecule has 1 fully saturated rings. The Balaban J connectivity index is 1.45. The molecule has 2 atom stereocenters. The first kappa shape index (κ1) is 20.3. The first-order valence-corrected chi connectivity index (χ1v) is 9.74. The molecule has 0 spiro atoms. The van der Waals surface area contributed by atoms with Gasteiger partial charge in [-0.3, -0.25) is 19.4 Å². The van der Waals surface area contributed by atoms with Crippen molar-refractivity contribution in [1.29, 1.82) is 0 Å². The highest BCUT2D eigenvalue weighted by Crippen LogP contribution is 2.32. The molecule has 0 bridgehead atoms. The van der Waals surface area contributed by atoms with Crippen molar-refractivity contribution in [3.63, 3.8) is 0 Å². The van der Waals surface area contributed by atoms with Crippen LogP contribution in [0.25, 0.3) is 0 Å². The minimum absolute atomic E-state index is 0.224. The third-order valence-corrected chi connectivity index (χ3v) is 4.92. The molecule has 0 radical (unpaired) electrons. The fraction of sp³-hybridized carbons (Fsp3) is 0.286. The van der Waals surface area contributed by atoms with Crippen molar-refractivity contribution in [2.24, 2.45) is 10.3 Å². The molecular weight excluding hydrogens is 402 g/mol. The van der Waals surface area contributed by atoms with Gasteiger partial charge in [-0.2, -0.15) is 5.11 Å². The first-order chi connectivity index (χ1) is 15.0. The first-order valence-electron chi connectivity index (χ1n) is 9.74. The lowest BCUT2D eigenvalue weighted by atomic mass is 10.1. The van der Waals surface area contributed by atoms with Gasteiger partial charge in [-0.05, 0) is 43.3 Å². The number of rotatable bonds is 7. The van der Waals surface area contributed by atoms with Gasteiger partial charge >= 0.3 is 0 Å². The third kappa shape index (κ3) is 3.91. The summed E-state index contributed by atoms with van der Waals surface area (Å²) in [5, 5.41) is 11.8. The minimum atomic E-state index is -0.969. The molecule has 2 aromatic carbocycles. The number of imide groups is 1. The summed E-state index contributed by atoms with van der Waals surface area (Å²) in [6.45, 7) is 2.16. The van der Waals surface area contributed by atoms with Crippen LogP contribution < -0.4 is 19.7 Å². The van der Waals surface area contributed by atoms with Gasteiger partial charge in [-0.15, -0.1) is 0 Å². The zero-order valence-corrected chi connectivity index (χ0v) is 17.0. The van der Waals surface area contributed by atoms with E-state index < -0.39 is 29.8 Å². The molecule has 4 rings (SSSR count). The van der Waals surface area contributed by atoms with Crippen molar-refractivity contribution < 1.29 is 23.9 Å². The maximum Gasteiger partial charge on any atom is 0.263 e. The molecule has 2 aliphatic heterocycles. The van der Waals surface area contributed by atoms with Crippen LogP contribution in [-0.4, -0.2) is 55.1 Å². The van der Waals surface area contributed by atoms with Crippen LogP contribution in [0.1, 0.15) is 6.92 Å². The summed E-state index contributed by atoms with van der Waals surface area (Å²) in [5.74, 6) is -0.105. The summed E-state index contributed by atoms with van der Waals surface area (Å²) in [6, 6.07) is 11.6.